The second kappa shape index (κ2) is 5.10. The van der Waals surface area contributed by atoms with Crippen molar-refractivity contribution in [3.8, 4) is 5.75 Å². The highest BCUT2D eigenvalue weighted by molar-refractivity contribution is 6.08. The third kappa shape index (κ3) is 1.85. The van der Waals surface area contributed by atoms with E-state index < -0.39 is 5.41 Å². The van der Waals surface area contributed by atoms with Gasteiger partial charge in [-0.25, -0.2) is 0 Å². The summed E-state index contributed by atoms with van der Waals surface area (Å²) in [6, 6.07) is 16.4. The fourth-order valence-electron chi connectivity index (χ4n) is 4.28. The number of hydrogen-bond acceptors (Lipinski definition) is 2. The maximum absolute atomic E-state index is 13.2. The number of benzene rings is 2. The third-order valence-corrected chi connectivity index (χ3v) is 5.38. The molecular weight excluding hydrogens is 288 g/mol. The number of nitrogens with two attached hydrogens (primary N) is 1. The monoisotopic (exact) mass is 309 g/mol. The molecule has 0 aromatic heterocycles. The Morgan fingerprint density at radius 2 is 1.91 bits per heavy atom. The van der Waals surface area contributed by atoms with Gasteiger partial charge in [-0.1, -0.05) is 18.2 Å². The number of ether oxygens (including phenoxy) is 1. The van der Waals surface area contributed by atoms with Crippen LogP contribution >= 0.6 is 0 Å². The van der Waals surface area contributed by atoms with Crippen molar-refractivity contribution in [2.45, 2.75) is 17.9 Å². The summed E-state index contributed by atoms with van der Waals surface area (Å²) in [7, 11) is 3.56. The molecular formula is C19H21N2O2+. The van der Waals surface area contributed by atoms with Crippen molar-refractivity contribution in [1.29, 1.82) is 0 Å². The zero-order valence-electron chi connectivity index (χ0n) is 13.5. The molecule has 118 valence electrons. The van der Waals surface area contributed by atoms with E-state index in [1.54, 1.807) is 7.11 Å². The number of amides is 1. The lowest BCUT2D eigenvalue weighted by Gasteiger charge is -2.27. The molecule has 2 aromatic rings. The van der Waals surface area contributed by atoms with E-state index in [0.29, 0.717) is 0 Å². The summed E-state index contributed by atoms with van der Waals surface area (Å²) in [6.45, 7) is 0.963. The van der Waals surface area contributed by atoms with Crippen LogP contribution in [0.5, 0.6) is 5.75 Å². The van der Waals surface area contributed by atoms with Crippen molar-refractivity contribution in [3.05, 3.63) is 59.7 Å². The summed E-state index contributed by atoms with van der Waals surface area (Å²) in [5.41, 5.74) is 2.95. The number of hydrogen-bond donors (Lipinski definition) is 1. The van der Waals surface area contributed by atoms with Crippen molar-refractivity contribution < 1.29 is 14.8 Å². The molecule has 2 atom stereocenters. The van der Waals surface area contributed by atoms with E-state index in [4.69, 9.17) is 4.74 Å². The average Bonchev–Trinajstić information content (AvgIpc) is 3.13. The first-order valence-corrected chi connectivity index (χ1v) is 8.03. The van der Waals surface area contributed by atoms with Crippen LogP contribution in [0.2, 0.25) is 0 Å². The van der Waals surface area contributed by atoms with Crippen LogP contribution in [-0.2, 0) is 10.2 Å². The van der Waals surface area contributed by atoms with Gasteiger partial charge in [-0.05, 0) is 35.9 Å². The van der Waals surface area contributed by atoms with E-state index in [1.165, 1.54) is 11.1 Å². The van der Waals surface area contributed by atoms with Gasteiger partial charge in [0.05, 0.1) is 13.7 Å². The van der Waals surface area contributed by atoms with E-state index in [1.807, 2.05) is 42.3 Å². The average molecular weight is 309 g/mol. The number of carbonyl (C=O) groups is 1. The molecule has 0 radical (unpaired) electrons. The van der Waals surface area contributed by atoms with Crippen LogP contribution in [0.3, 0.4) is 0 Å². The zero-order valence-corrected chi connectivity index (χ0v) is 13.5. The van der Waals surface area contributed by atoms with Crippen LogP contribution in [0, 0.1) is 0 Å². The minimum Gasteiger partial charge on any atom is -0.497 e. The molecule has 23 heavy (non-hydrogen) atoms. The van der Waals surface area contributed by atoms with Crippen LogP contribution in [0.25, 0.3) is 0 Å². The molecule has 0 saturated carbocycles. The zero-order chi connectivity index (χ0) is 16.0. The van der Waals surface area contributed by atoms with E-state index >= 15 is 0 Å². The van der Waals surface area contributed by atoms with Gasteiger partial charge in [0.2, 0.25) is 5.91 Å². The smallest absolute Gasteiger partial charge is 0.244 e. The SMILES string of the molecule is COc1ccc([C@H]2[NH2+]CC[C@]23C(=O)N(C)c2ccccc23)cc1. The predicted octanol–water partition coefficient (Wildman–Crippen LogP) is 1.62. The standard InChI is InChI=1S/C19H20N2O2/c1-21-16-6-4-3-5-15(16)19(18(21)22)11-12-20-17(19)13-7-9-14(23-2)10-8-13/h3-10,17,20H,11-12H2,1-2H3/p+1/t17-,19-/m1/s1. The fraction of sp³-hybridized carbons (Fsp3) is 0.316. The number of anilines is 1. The first-order chi connectivity index (χ1) is 11.2. The molecule has 2 heterocycles. The fourth-order valence-corrected chi connectivity index (χ4v) is 4.28. The Labute approximate surface area is 136 Å². The number of rotatable bonds is 2. The number of carbonyl (C=O) groups excluding carboxylic acids is 1. The van der Waals surface area contributed by atoms with Crippen LogP contribution in [0.15, 0.2) is 48.5 Å². The molecule has 2 aromatic carbocycles. The summed E-state index contributed by atoms with van der Waals surface area (Å²) >= 11 is 0. The van der Waals surface area contributed by atoms with Gasteiger partial charge in [0.15, 0.2) is 0 Å². The summed E-state index contributed by atoms with van der Waals surface area (Å²) < 4.78 is 5.26. The van der Waals surface area contributed by atoms with Crippen LogP contribution in [0.4, 0.5) is 5.69 Å². The lowest BCUT2D eigenvalue weighted by atomic mass is 9.73. The van der Waals surface area contributed by atoms with Crippen molar-refractivity contribution in [2.75, 3.05) is 25.6 Å². The lowest BCUT2D eigenvalue weighted by Crippen LogP contribution is -2.83. The quantitative estimate of drug-likeness (QED) is 0.916. The molecule has 1 spiro atoms. The Balaban J connectivity index is 1.84. The van der Waals surface area contributed by atoms with Gasteiger partial charge in [0.1, 0.15) is 17.2 Å². The Bertz CT molecular complexity index is 756. The highest BCUT2D eigenvalue weighted by Crippen LogP contribution is 2.50. The van der Waals surface area contributed by atoms with Gasteiger partial charge < -0.3 is 15.0 Å². The van der Waals surface area contributed by atoms with Gasteiger partial charge >= 0.3 is 0 Å². The molecule has 4 nitrogen and oxygen atoms in total. The topological polar surface area (TPSA) is 46.1 Å². The normalized spacial score (nSPS) is 25.9. The largest absolute Gasteiger partial charge is 0.497 e. The summed E-state index contributed by atoms with van der Waals surface area (Å²) in [6.07, 6.45) is 0.879. The molecule has 4 heteroatoms. The van der Waals surface area contributed by atoms with Crippen LogP contribution in [-0.4, -0.2) is 26.6 Å². The molecule has 1 fully saturated rings. The third-order valence-electron chi connectivity index (χ3n) is 5.38. The van der Waals surface area contributed by atoms with Crippen molar-refractivity contribution >= 4 is 11.6 Å². The van der Waals surface area contributed by atoms with E-state index in [9.17, 15) is 4.79 Å². The van der Waals surface area contributed by atoms with Crippen molar-refractivity contribution in [1.82, 2.24) is 0 Å². The molecule has 0 aliphatic carbocycles. The second-order valence-electron chi connectivity index (χ2n) is 6.38. The molecule has 2 aliphatic heterocycles. The van der Waals surface area contributed by atoms with Gasteiger partial charge in [-0.3, -0.25) is 4.79 Å². The number of quaternary nitrogens is 1. The molecule has 2 aliphatic rings. The van der Waals surface area contributed by atoms with Gasteiger partial charge in [-0.2, -0.15) is 0 Å². The molecule has 1 saturated heterocycles. The number of methoxy groups -OCH3 is 1. The molecule has 1 amide bonds. The highest BCUT2D eigenvalue weighted by Gasteiger charge is 2.60. The maximum atomic E-state index is 13.2. The van der Waals surface area contributed by atoms with Crippen molar-refractivity contribution in [2.24, 2.45) is 0 Å². The van der Waals surface area contributed by atoms with E-state index in [2.05, 4.69) is 23.5 Å². The first kappa shape index (κ1) is 14.3. The Hall–Kier alpha value is -2.33. The summed E-state index contributed by atoms with van der Waals surface area (Å²) in [5, 5.41) is 2.30. The van der Waals surface area contributed by atoms with Gasteiger partial charge in [0.25, 0.3) is 0 Å². The Morgan fingerprint density at radius 3 is 2.65 bits per heavy atom. The van der Waals surface area contributed by atoms with Gasteiger partial charge in [0, 0.05) is 24.7 Å². The summed E-state index contributed by atoms with van der Waals surface area (Å²) in [5.74, 6) is 1.06. The number of likely N-dealkylation sites (N-methyl/N-ethyl adjacent to an activating group) is 1. The van der Waals surface area contributed by atoms with Crippen LogP contribution in [0.1, 0.15) is 23.6 Å². The summed E-state index contributed by atoms with van der Waals surface area (Å²) in [4.78, 5) is 15.0. The highest BCUT2D eigenvalue weighted by atomic mass is 16.5. The van der Waals surface area contributed by atoms with Crippen LogP contribution < -0.4 is 15.0 Å². The second-order valence-corrected chi connectivity index (χ2v) is 6.38. The van der Waals surface area contributed by atoms with E-state index in [0.717, 1.165) is 24.4 Å². The Kier molecular flexibility index (Phi) is 3.16. The first-order valence-electron chi connectivity index (χ1n) is 8.03. The lowest BCUT2D eigenvalue weighted by molar-refractivity contribution is -0.679. The number of nitrogens with zero attached hydrogens (tertiary/aromatic N) is 1. The molecule has 0 bridgehead atoms. The van der Waals surface area contributed by atoms with E-state index in [-0.39, 0.29) is 11.9 Å². The minimum atomic E-state index is -0.445. The number of para-hydroxylation sites is 1. The predicted molar refractivity (Wildman–Crippen MR) is 88.7 cm³/mol. The molecule has 0 unspecified atom stereocenters. The molecule has 2 N–H and O–H groups in total. The minimum absolute atomic E-state index is 0.118. The maximum Gasteiger partial charge on any atom is 0.244 e. The number of fused-ring (bicyclic) bond motifs is 2. The van der Waals surface area contributed by atoms with Crippen molar-refractivity contribution in [3.63, 3.8) is 0 Å². The van der Waals surface area contributed by atoms with Gasteiger partial charge in [-0.15, -0.1) is 0 Å². The molecule has 4 rings (SSSR count). The Morgan fingerprint density at radius 1 is 1.17 bits per heavy atom.